The van der Waals surface area contributed by atoms with Crippen molar-refractivity contribution >= 4 is 0 Å². The zero-order valence-corrected chi connectivity index (χ0v) is 11.3. The van der Waals surface area contributed by atoms with Crippen LogP contribution in [0.1, 0.15) is 0 Å². The Morgan fingerprint density at radius 2 is 0.923 bits per heavy atom. The molecule has 0 aromatic heterocycles. The number of ether oxygens (including phenoxy) is 1. The van der Waals surface area contributed by atoms with E-state index in [2.05, 4.69) is 4.74 Å². The topological polar surface area (TPSA) is 9.23 Å². The summed E-state index contributed by atoms with van der Waals surface area (Å²) < 4.78 is 201. The second-order valence-electron chi connectivity index (χ2n) is 4.56. The van der Waals surface area contributed by atoms with Crippen molar-refractivity contribution in [1.29, 1.82) is 0 Å². The Morgan fingerprint density at radius 3 is 1.15 bits per heavy atom. The summed E-state index contributed by atoms with van der Waals surface area (Å²) in [5.74, 6) is -12.8. The first-order valence-corrected chi connectivity index (χ1v) is 5.57. The van der Waals surface area contributed by atoms with Crippen LogP contribution in [0.4, 0.5) is 70.2 Å². The average molecular weight is 432 g/mol. The van der Waals surface area contributed by atoms with E-state index in [0.717, 1.165) is 0 Å². The van der Waals surface area contributed by atoms with Gasteiger partial charge in [-0.15, -0.1) is 0 Å². The van der Waals surface area contributed by atoms with E-state index in [-0.39, 0.29) is 0 Å². The quantitative estimate of drug-likeness (QED) is 0.518. The van der Waals surface area contributed by atoms with Crippen LogP contribution in [0.15, 0.2) is 0 Å². The van der Waals surface area contributed by atoms with Gasteiger partial charge in [0.1, 0.15) is 6.61 Å². The van der Waals surface area contributed by atoms with Crippen molar-refractivity contribution < 1.29 is 75.0 Å². The molecule has 2 unspecified atom stereocenters. The first-order chi connectivity index (χ1) is 11.1. The van der Waals surface area contributed by atoms with Crippen molar-refractivity contribution in [2.75, 3.05) is 6.61 Å². The van der Waals surface area contributed by atoms with E-state index in [1.165, 1.54) is 0 Å². The first kappa shape index (κ1) is 24.8. The smallest absolute Gasteiger partial charge is 0.330 e. The largest absolute Gasteiger partial charge is 0.451 e. The lowest BCUT2D eigenvalue weighted by molar-refractivity contribution is -0.424. The monoisotopic (exact) mass is 432 g/mol. The maximum atomic E-state index is 13.5. The van der Waals surface area contributed by atoms with Crippen LogP contribution < -0.4 is 0 Å². The summed E-state index contributed by atoms with van der Waals surface area (Å²) in [5, 5.41) is 0. The highest BCUT2D eigenvalue weighted by Crippen LogP contribution is 2.55. The van der Waals surface area contributed by atoms with Crippen LogP contribution in [0.25, 0.3) is 0 Å². The van der Waals surface area contributed by atoms with Crippen LogP contribution in [0.2, 0.25) is 0 Å². The molecule has 0 heterocycles. The molecule has 1 nitrogen and oxygen atoms in total. The second kappa shape index (κ2) is 6.78. The lowest BCUT2D eigenvalue weighted by Gasteiger charge is -2.39. The first-order valence-electron chi connectivity index (χ1n) is 5.57. The van der Waals surface area contributed by atoms with E-state index >= 15 is 0 Å². The van der Waals surface area contributed by atoms with Crippen molar-refractivity contribution in [2.24, 2.45) is 0 Å². The van der Waals surface area contributed by atoms with Gasteiger partial charge in [-0.1, -0.05) is 0 Å². The number of hydrogen-bond acceptors (Lipinski definition) is 1. The van der Waals surface area contributed by atoms with Gasteiger partial charge in [-0.3, -0.25) is 0 Å². The van der Waals surface area contributed by atoms with Gasteiger partial charge in [0.15, 0.2) is 0 Å². The fourth-order valence-corrected chi connectivity index (χ4v) is 1.27. The standard InChI is InChI=1S/C9H4F16O/c10-2(5(15,7(17,18)19)8(20,21)22)6(16,9(23,24)25)26-1-4(13,14)3(11)12/h2-3H,1H2. The molecular weight excluding hydrogens is 428 g/mol. The van der Waals surface area contributed by atoms with Crippen LogP contribution in [0.5, 0.6) is 0 Å². The molecule has 0 aliphatic heterocycles. The zero-order valence-electron chi connectivity index (χ0n) is 11.3. The Balaban J connectivity index is 6.24. The predicted molar refractivity (Wildman–Crippen MR) is 47.6 cm³/mol. The summed E-state index contributed by atoms with van der Waals surface area (Å²) in [6.07, 6.45) is -33.8. The third-order valence-electron chi connectivity index (χ3n) is 2.68. The summed E-state index contributed by atoms with van der Waals surface area (Å²) in [7, 11) is 0. The Morgan fingerprint density at radius 1 is 0.577 bits per heavy atom. The molecule has 0 bridgehead atoms. The normalized spacial score (nSPS) is 18.8. The molecule has 0 radical (unpaired) electrons. The summed E-state index contributed by atoms with van der Waals surface area (Å²) in [4.78, 5) is 0. The molecule has 0 aliphatic rings. The Bertz CT molecular complexity index is 460. The van der Waals surface area contributed by atoms with Crippen molar-refractivity contribution in [2.45, 2.75) is 48.6 Å². The Hall–Kier alpha value is -1.16. The number of alkyl halides is 16. The van der Waals surface area contributed by atoms with E-state index in [9.17, 15) is 70.2 Å². The van der Waals surface area contributed by atoms with E-state index in [1.54, 1.807) is 0 Å². The van der Waals surface area contributed by atoms with Gasteiger partial charge in [-0.25, -0.2) is 17.6 Å². The van der Waals surface area contributed by atoms with Crippen LogP contribution in [-0.4, -0.2) is 55.2 Å². The van der Waals surface area contributed by atoms with Crippen molar-refractivity contribution in [3.8, 4) is 0 Å². The molecule has 0 spiro atoms. The molecule has 0 amide bonds. The average Bonchev–Trinajstić information content (AvgIpc) is 2.39. The molecule has 0 saturated heterocycles. The minimum atomic E-state index is -7.58. The molecule has 26 heavy (non-hydrogen) atoms. The molecule has 0 saturated carbocycles. The highest BCUT2D eigenvalue weighted by atomic mass is 19.4. The lowest BCUT2D eigenvalue weighted by Crippen LogP contribution is -2.69. The van der Waals surface area contributed by atoms with Gasteiger partial charge in [0.25, 0.3) is 0 Å². The molecule has 0 aliphatic carbocycles. The SMILES string of the molecule is FC(F)C(F)(F)COC(F)(C(F)C(F)(C(F)(F)F)C(F)(F)F)C(F)(F)F. The molecular formula is C9H4F16O. The molecule has 2 atom stereocenters. The van der Waals surface area contributed by atoms with Gasteiger partial charge in [0, 0.05) is 0 Å². The maximum absolute atomic E-state index is 13.5. The van der Waals surface area contributed by atoms with Gasteiger partial charge in [0.05, 0.1) is 0 Å². The number of rotatable bonds is 6. The van der Waals surface area contributed by atoms with Crippen molar-refractivity contribution in [3.05, 3.63) is 0 Å². The Kier molecular flexibility index (Phi) is 6.47. The summed E-state index contributed by atoms with van der Waals surface area (Å²) >= 11 is 0. The molecule has 0 fully saturated rings. The molecule has 0 aromatic carbocycles. The number of halogens is 16. The van der Waals surface area contributed by atoms with Gasteiger partial charge < -0.3 is 4.74 Å². The van der Waals surface area contributed by atoms with Crippen LogP contribution in [-0.2, 0) is 4.74 Å². The third kappa shape index (κ3) is 4.21. The van der Waals surface area contributed by atoms with Crippen LogP contribution >= 0.6 is 0 Å². The van der Waals surface area contributed by atoms with E-state index in [4.69, 9.17) is 0 Å². The van der Waals surface area contributed by atoms with Gasteiger partial charge in [-0.2, -0.15) is 52.7 Å². The van der Waals surface area contributed by atoms with Crippen LogP contribution in [0.3, 0.4) is 0 Å². The van der Waals surface area contributed by atoms with Crippen LogP contribution in [0, 0.1) is 0 Å². The lowest BCUT2D eigenvalue weighted by atomic mass is 9.92. The van der Waals surface area contributed by atoms with Gasteiger partial charge in [0.2, 0.25) is 6.17 Å². The second-order valence-corrected chi connectivity index (χ2v) is 4.56. The minimum absolute atomic E-state index is 2.28. The highest BCUT2D eigenvalue weighted by molar-refractivity contribution is 5.08. The Labute approximate surface area is 131 Å². The van der Waals surface area contributed by atoms with Crippen molar-refractivity contribution in [3.63, 3.8) is 0 Å². The molecule has 0 rings (SSSR count). The molecule has 17 heteroatoms. The summed E-state index contributed by atoms with van der Waals surface area (Å²) in [5.41, 5.74) is -7.58. The minimum Gasteiger partial charge on any atom is -0.330 e. The molecule has 0 aromatic rings. The molecule has 158 valence electrons. The maximum Gasteiger partial charge on any atom is 0.451 e. The van der Waals surface area contributed by atoms with E-state index in [1.807, 2.05) is 0 Å². The summed E-state index contributed by atoms with van der Waals surface area (Å²) in [6.45, 7) is -3.52. The predicted octanol–water partition coefficient (Wildman–Crippen LogP) is 5.30. The molecule has 0 N–H and O–H groups in total. The highest BCUT2D eigenvalue weighted by Gasteiger charge is 2.85. The van der Waals surface area contributed by atoms with Crippen molar-refractivity contribution in [1.82, 2.24) is 0 Å². The fraction of sp³-hybridized carbons (Fsp3) is 1.00. The van der Waals surface area contributed by atoms with Gasteiger partial charge >= 0.3 is 42.4 Å². The third-order valence-corrected chi connectivity index (χ3v) is 2.68. The van der Waals surface area contributed by atoms with Gasteiger partial charge in [-0.05, 0) is 0 Å². The van der Waals surface area contributed by atoms with E-state index in [0.29, 0.717) is 0 Å². The fourth-order valence-electron chi connectivity index (χ4n) is 1.27. The summed E-state index contributed by atoms with van der Waals surface area (Å²) in [6, 6.07) is 0. The zero-order chi connectivity index (χ0) is 21.6. The number of hydrogen-bond donors (Lipinski definition) is 0. The van der Waals surface area contributed by atoms with E-state index < -0.39 is 55.2 Å².